The average Bonchev–Trinajstić information content (AvgIpc) is 2.53. The quantitative estimate of drug-likeness (QED) is 0.826. The summed E-state index contributed by atoms with van der Waals surface area (Å²) in [6, 6.07) is 15.4. The highest BCUT2D eigenvalue weighted by Gasteiger charge is 2.02. The first-order chi connectivity index (χ1) is 10.3. The van der Waals surface area contributed by atoms with Gasteiger partial charge in [0.05, 0.1) is 0 Å². The molecular formula is C18H18O3. The molecule has 108 valence electrons. The van der Waals surface area contributed by atoms with Gasteiger partial charge in [-0.3, -0.25) is 0 Å². The first kappa shape index (κ1) is 15.1. The molecule has 3 heteroatoms. The highest BCUT2D eigenvalue weighted by atomic mass is 16.5. The second-order valence-electron chi connectivity index (χ2n) is 4.53. The Morgan fingerprint density at radius 1 is 0.952 bits per heavy atom. The molecule has 0 aliphatic rings. The third-order valence-corrected chi connectivity index (χ3v) is 3.01. The number of para-hydroxylation sites is 1. The minimum atomic E-state index is -0.132. The number of hydrogen-bond acceptors (Lipinski definition) is 3. The molecule has 0 aliphatic heterocycles. The van der Waals surface area contributed by atoms with Crippen molar-refractivity contribution in [1.29, 1.82) is 0 Å². The van der Waals surface area contributed by atoms with Gasteiger partial charge in [-0.05, 0) is 35.7 Å². The summed E-state index contributed by atoms with van der Waals surface area (Å²) in [5, 5.41) is 17.7. The first-order valence-electron chi connectivity index (χ1n) is 6.83. The van der Waals surface area contributed by atoms with Crippen LogP contribution in [0.3, 0.4) is 0 Å². The number of rotatable bonds is 5. The highest BCUT2D eigenvalue weighted by molar-refractivity contribution is 5.37. The van der Waals surface area contributed by atoms with E-state index in [1.807, 2.05) is 48.5 Å². The van der Waals surface area contributed by atoms with Crippen LogP contribution in [0.2, 0.25) is 0 Å². The minimum absolute atomic E-state index is 0.110. The van der Waals surface area contributed by atoms with Gasteiger partial charge >= 0.3 is 0 Å². The van der Waals surface area contributed by atoms with Crippen molar-refractivity contribution in [2.75, 3.05) is 13.2 Å². The lowest BCUT2D eigenvalue weighted by molar-refractivity contribution is 0.284. The topological polar surface area (TPSA) is 49.7 Å². The molecule has 0 amide bonds. The van der Waals surface area contributed by atoms with Crippen LogP contribution in [0.1, 0.15) is 16.7 Å². The lowest BCUT2D eigenvalue weighted by Crippen LogP contribution is -2.00. The van der Waals surface area contributed by atoms with Gasteiger partial charge in [0, 0.05) is 12.2 Å². The van der Waals surface area contributed by atoms with E-state index < -0.39 is 0 Å². The molecule has 0 spiro atoms. The highest BCUT2D eigenvalue weighted by Crippen LogP contribution is 2.19. The maximum atomic E-state index is 9.04. The summed E-state index contributed by atoms with van der Waals surface area (Å²) in [7, 11) is 0. The van der Waals surface area contributed by atoms with Crippen LogP contribution in [-0.2, 0) is 13.0 Å². The van der Waals surface area contributed by atoms with Crippen LogP contribution in [0, 0.1) is 11.8 Å². The second kappa shape index (κ2) is 8.11. The Kier molecular flexibility index (Phi) is 5.83. The van der Waals surface area contributed by atoms with Crippen molar-refractivity contribution >= 4 is 0 Å². The minimum Gasteiger partial charge on any atom is -0.489 e. The Morgan fingerprint density at radius 3 is 2.43 bits per heavy atom. The van der Waals surface area contributed by atoms with Crippen LogP contribution in [0.5, 0.6) is 5.75 Å². The predicted molar refractivity (Wildman–Crippen MR) is 82.0 cm³/mol. The van der Waals surface area contributed by atoms with Gasteiger partial charge in [-0.2, -0.15) is 0 Å². The van der Waals surface area contributed by atoms with Crippen LogP contribution < -0.4 is 4.74 Å². The summed E-state index contributed by atoms with van der Waals surface area (Å²) in [4.78, 5) is 0. The molecule has 2 aromatic carbocycles. The van der Waals surface area contributed by atoms with E-state index in [0.717, 1.165) is 22.4 Å². The van der Waals surface area contributed by atoms with Gasteiger partial charge in [0.25, 0.3) is 0 Å². The molecular weight excluding hydrogens is 264 g/mol. The fraction of sp³-hybridized carbons (Fsp3) is 0.222. The van der Waals surface area contributed by atoms with E-state index in [1.165, 1.54) is 0 Å². The van der Waals surface area contributed by atoms with Crippen molar-refractivity contribution < 1.29 is 14.9 Å². The Balaban J connectivity index is 2.00. The van der Waals surface area contributed by atoms with Crippen LogP contribution in [0.4, 0.5) is 0 Å². The van der Waals surface area contributed by atoms with E-state index in [1.54, 1.807) is 0 Å². The van der Waals surface area contributed by atoms with Gasteiger partial charge in [0.2, 0.25) is 0 Å². The molecule has 0 heterocycles. The summed E-state index contributed by atoms with van der Waals surface area (Å²) in [5.74, 6) is 6.27. The van der Waals surface area contributed by atoms with Crippen molar-refractivity contribution in [3.63, 3.8) is 0 Å². The Bertz CT molecular complexity index is 621. The smallest absolute Gasteiger partial charge is 0.123 e. The van der Waals surface area contributed by atoms with Gasteiger partial charge in [-0.25, -0.2) is 0 Å². The number of hydrogen-bond donors (Lipinski definition) is 2. The number of benzene rings is 2. The largest absolute Gasteiger partial charge is 0.489 e. The van der Waals surface area contributed by atoms with Gasteiger partial charge in [-0.1, -0.05) is 42.2 Å². The molecule has 3 nitrogen and oxygen atoms in total. The van der Waals surface area contributed by atoms with Gasteiger partial charge in [0.15, 0.2) is 0 Å². The number of ether oxygens (including phenoxy) is 1. The molecule has 0 unspecified atom stereocenters. The Morgan fingerprint density at radius 2 is 1.71 bits per heavy atom. The van der Waals surface area contributed by atoms with Crippen LogP contribution in [-0.4, -0.2) is 23.4 Å². The normalized spacial score (nSPS) is 9.81. The van der Waals surface area contributed by atoms with Crippen molar-refractivity contribution in [3.05, 3.63) is 65.2 Å². The van der Waals surface area contributed by atoms with Crippen molar-refractivity contribution in [2.24, 2.45) is 0 Å². The molecule has 2 rings (SSSR count). The Labute approximate surface area is 124 Å². The fourth-order valence-corrected chi connectivity index (χ4v) is 1.96. The van der Waals surface area contributed by atoms with Crippen molar-refractivity contribution in [1.82, 2.24) is 0 Å². The predicted octanol–water partition coefficient (Wildman–Crippen LogP) is 2.14. The summed E-state index contributed by atoms with van der Waals surface area (Å²) in [6.07, 6.45) is 0.589. The maximum Gasteiger partial charge on any atom is 0.123 e. The molecule has 0 atom stereocenters. The first-order valence-corrected chi connectivity index (χ1v) is 6.83. The summed E-state index contributed by atoms with van der Waals surface area (Å²) in [5.41, 5.74) is 2.92. The average molecular weight is 282 g/mol. The lowest BCUT2D eigenvalue weighted by Gasteiger charge is -2.10. The SMILES string of the molecule is OCC#Cc1ccc(COc2ccccc2CCO)cc1. The van der Waals surface area contributed by atoms with Gasteiger partial charge in [0.1, 0.15) is 19.0 Å². The van der Waals surface area contributed by atoms with Crippen LogP contribution >= 0.6 is 0 Å². The zero-order chi connectivity index (χ0) is 14.9. The van der Waals surface area contributed by atoms with Crippen molar-refractivity contribution in [3.8, 4) is 17.6 Å². The lowest BCUT2D eigenvalue weighted by atomic mass is 10.1. The number of aliphatic hydroxyl groups excluding tert-OH is 2. The van der Waals surface area contributed by atoms with Gasteiger partial charge in [-0.15, -0.1) is 0 Å². The zero-order valence-corrected chi connectivity index (χ0v) is 11.7. The molecule has 0 fully saturated rings. The third kappa shape index (κ3) is 4.64. The van der Waals surface area contributed by atoms with E-state index in [4.69, 9.17) is 14.9 Å². The maximum absolute atomic E-state index is 9.04. The standard InChI is InChI=1S/C18H18O3/c19-12-3-4-15-7-9-16(10-8-15)14-21-18-6-2-1-5-17(18)11-13-20/h1-2,5-10,19-20H,11-14H2. The summed E-state index contributed by atoms with van der Waals surface area (Å²) < 4.78 is 5.81. The second-order valence-corrected chi connectivity index (χ2v) is 4.53. The molecule has 0 radical (unpaired) electrons. The molecule has 0 bridgehead atoms. The molecule has 0 saturated carbocycles. The molecule has 2 N–H and O–H groups in total. The van der Waals surface area contributed by atoms with E-state index >= 15 is 0 Å². The zero-order valence-electron chi connectivity index (χ0n) is 11.7. The van der Waals surface area contributed by atoms with Crippen LogP contribution in [0.25, 0.3) is 0 Å². The van der Waals surface area contributed by atoms with E-state index in [2.05, 4.69) is 11.8 Å². The van der Waals surface area contributed by atoms with Gasteiger partial charge < -0.3 is 14.9 Å². The third-order valence-electron chi connectivity index (χ3n) is 3.01. The summed E-state index contributed by atoms with van der Waals surface area (Å²) in [6.45, 7) is 0.446. The van der Waals surface area contributed by atoms with E-state index in [9.17, 15) is 0 Å². The monoisotopic (exact) mass is 282 g/mol. The molecule has 21 heavy (non-hydrogen) atoms. The summed E-state index contributed by atoms with van der Waals surface area (Å²) >= 11 is 0. The van der Waals surface area contributed by atoms with Crippen LogP contribution in [0.15, 0.2) is 48.5 Å². The molecule has 0 aliphatic carbocycles. The van der Waals surface area contributed by atoms with E-state index in [-0.39, 0.29) is 13.2 Å². The molecule has 2 aromatic rings. The number of aliphatic hydroxyl groups is 2. The molecule has 0 saturated heterocycles. The fourth-order valence-electron chi connectivity index (χ4n) is 1.96. The van der Waals surface area contributed by atoms with E-state index in [0.29, 0.717) is 13.0 Å². The Hall–Kier alpha value is -2.28. The van der Waals surface area contributed by atoms with Crippen molar-refractivity contribution in [2.45, 2.75) is 13.0 Å². The molecule has 0 aromatic heterocycles.